The summed E-state index contributed by atoms with van der Waals surface area (Å²) in [4.78, 5) is 33.3. The fourth-order valence-corrected chi connectivity index (χ4v) is 6.68. The molecular weight excluding hydrogens is 591 g/mol. The van der Waals surface area contributed by atoms with Crippen LogP contribution in [0.3, 0.4) is 0 Å². The number of carbonyl (C=O) groups is 1. The van der Waals surface area contributed by atoms with Crippen LogP contribution in [-0.4, -0.2) is 80.2 Å². The molecule has 10 nitrogen and oxygen atoms in total. The van der Waals surface area contributed by atoms with E-state index in [9.17, 15) is 14.7 Å². The van der Waals surface area contributed by atoms with Gasteiger partial charge in [-0.25, -0.2) is 4.98 Å². The number of nitrogens with one attached hydrogen (secondary N) is 2. The van der Waals surface area contributed by atoms with Gasteiger partial charge in [-0.1, -0.05) is 55.3 Å². The van der Waals surface area contributed by atoms with Crippen LogP contribution in [0.4, 0.5) is 0 Å². The molecule has 0 bridgehead atoms. The van der Waals surface area contributed by atoms with E-state index in [1.807, 2.05) is 68.7 Å². The number of benzene rings is 2. The predicted molar refractivity (Wildman–Crippen MR) is 171 cm³/mol. The molecule has 2 aliphatic rings. The Bertz CT molecular complexity index is 1570. The molecule has 4 aromatic rings. The van der Waals surface area contributed by atoms with Crippen molar-refractivity contribution in [2.75, 3.05) is 33.4 Å². The largest absolute Gasteiger partial charge is 0.385 e. The highest BCUT2D eigenvalue weighted by Gasteiger charge is 2.42. The van der Waals surface area contributed by atoms with Gasteiger partial charge in [0.25, 0.3) is 11.5 Å². The number of nitrogens with zero attached hydrogens (tertiary/aromatic N) is 4. The number of ether oxygens (including phenoxy) is 1. The highest BCUT2D eigenvalue weighted by Crippen LogP contribution is 2.41. The number of aryl methyl sites for hydroxylation is 1. The zero-order chi connectivity index (χ0) is 28.4. The van der Waals surface area contributed by atoms with E-state index in [-0.39, 0.29) is 55.0 Å². The summed E-state index contributed by atoms with van der Waals surface area (Å²) < 4.78 is 9.33. The quantitative estimate of drug-likeness (QED) is 0.271. The summed E-state index contributed by atoms with van der Waals surface area (Å²) in [6.07, 6.45) is 5.73. The number of aliphatic hydroxyl groups is 1. The first-order chi connectivity index (χ1) is 20.0. The van der Waals surface area contributed by atoms with Gasteiger partial charge in [-0.15, -0.1) is 24.8 Å². The first-order valence-electron chi connectivity index (χ1n) is 14.5. The van der Waals surface area contributed by atoms with Gasteiger partial charge in [0.2, 0.25) is 0 Å². The Morgan fingerprint density at radius 3 is 2.67 bits per heavy atom. The number of hydrogen-bond donors (Lipinski definition) is 3. The molecule has 1 saturated heterocycles. The zero-order valence-electron chi connectivity index (χ0n) is 24.3. The standard InChI is InChI=1S/C31H38N6O4.2ClH/c1-41-20-31(40)15-8-7-13-26(31)36-21-33-27(28(36)22-9-3-2-4-10-22)30(39)35-18-16-32-19-23(35)14-17-37-25-12-6-5-11-24(25)29(38)34-37;;/h2-6,9-12,21,23,26,32,40H,7-8,13-20H2,1H3,(H,34,38);2*1H/t23-,26-,31-;;/m1../s1. The van der Waals surface area contributed by atoms with Gasteiger partial charge in [0.15, 0.2) is 5.69 Å². The Kier molecular flexibility index (Phi) is 10.7. The smallest absolute Gasteiger partial charge is 0.275 e. The van der Waals surface area contributed by atoms with Gasteiger partial charge in [0.1, 0.15) is 5.60 Å². The van der Waals surface area contributed by atoms with Crippen molar-refractivity contribution in [2.24, 2.45) is 0 Å². The Morgan fingerprint density at radius 1 is 1.12 bits per heavy atom. The minimum atomic E-state index is -1.04. The number of hydrogen-bond acceptors (Lipinski definition) is 6. The third-order valence-electron chi connectivity index (χ3n) is 8.70. The van der Waals surface area contributed by atoms with E-state index in [1.165, 1.54) is 0 Å². The number of H-pyrrole nitrogens is 1. The Labute approximate surface area is 263 Å². The number of fused-ring (bicyclic) bond motifs is 1. The van der Waals surface area contributed by atoms with Gasteiger partial charge >= 0.3 is 0 Å². The van der Waals surface area contributed by atoms with Crippen molar-refractivity contribution in [3.63, 3.8) is 0 Å². The van der Waals surface area contributed by atoms with Crippen LogP contribution in [0, 0.1) is 0 Å². The molecule has 1 aliphatic carbocycles. The van der Waals surface area contributed by atoms with Crippen LogP contribution in [0.2, 0.25) is 0 Å². The molecule has 232 valence electrons. The number of amides is 1. The normalized spacial score (nSPS) is 22.1. The monoisotopic (exact) mass is 630 g/mol. The lowest BCUT2D eigenvalue weighted by Gasteiger charge is -2.41. The van der Waals surface area contributed by atoms with Crippen molar-refractivity contribution in [1.29, 1.82) is 0 Å². The molecule has 3 heterocycles. The number of halogens is 2. The summed E-state index contributed by atoms with van der Waals surface area (Å²) in [5.74, 6) is -0.119. The number of rotatable bonds is 8. The van der Waals surface area contributed by atoms with Gasteiger partial charge in [-0.3, -0.25) is 19.4 Å². The number of carbonyl (C=O) groups excluding carboxylic acids is 1. The second-order valence-electron chi connectivity index (χ2n) is 11.3. The molecule has 6 rings (SSSR count). The van der Waals surface area contributed by atoms with Crippen LogP contribution in [-0.2, 0) is 11.3 Å². The Morgan fingerprint density at radius 2 is 1.88 bits per heavy atom. The number of imidazole rings is 1. The van der Waals surface area contributed by atoms with E-state index in [2.05, 4.69) is 10.4 Å². The molecule has 0 radical (unpaired) electrons. The molecule has 1 saturated carbocycles. The summed E-state index contributed by atoms with van der Waals surface area (Å²) >= 11 is 0. The molecule has 1 amide bonds. The van der Waals surface area contributed by atoms with Crippen molar-refractivity contribution in [3.05, 3.63) is 77.0 Å². The van der Waals surface area contributed by atoms with Crippen molar-refractivity contribution in [3.8, 4) is 11.3 Å². The van der Waals surface area contributed by atoms with E-state index < -0.39 is 5.60 Å². The van der Waals surface area contributed by atoms with E-state index in [0.29, 0.717) is 50.1 Å². The molecule has 2 aromatic heterocycles. The Balaban J connectivity index is 0.00000212. The van der Waals surface area contributed by atoms with E-state index in [4.69, 9.17) is 9.72 Å². The Hall–Kier alpha value is -3.15. The number of aromatic nitrogens is 4. The topological polar surface area (TPSA) is 117 Å². The molecule has 3 atom stereocenters. The lowest BCUT2D eigenvalue weighted by atomic mass is 9.80. The summed E-state index contributed by atoms with van der Waals surface area (Å²) in [5, 5.41) is 18.7. The van der Waals surface area contributed by atoms with Crippen molar-refractivity contribution < 1.29 is 14.6 Å². The maximum atomic E-state index is 14.3. The highest BCUT2D eigenvalue weighted by molar-refractivity contribution is 5.98. The third-order valence-corrected chi connectivity index (χ3v) is 8.70. The van der Waals surface area contributed by atoms with Gasteiger partial charge in [-0.2, -0.15) is 0 Å². The lowest BCUT2D eigenvalue weighted by molar-refractivity contribution is -0.0893. The van der Waals surface area contributed by atoms with Crippen LogP contribution in [0.15, 0.2) is 65.7 Å². The maximum Gasteiger partial charge on any atom is 0.275 e. The van der Waals surface area contributed by atoms with E-state index in [0.717, 1.165) is 36.0 Å². The highest BCUT2D eigenvalue weighted by atomic mass is 35.5. The molecule has 0 spiro atoms. The second-order valence-corrected chi connectivity index (χ2v) is 11.3. The van der Waals surface area contributed by atoms with Gasteiger partial charge < -0.3 is 24.6 Å². The maximum absolute atomic E-state index is 14.3. The predicted octanol–water partition coefficient (Wildman–Crippen LogP) is 4.03. The second kappa shape index (κ2) is 14.1. The fraction of sp³-hybridized carbons (Fsp3) is 0.452. The molecule has 12 heteroatoms. The van der Waals surface area contributed by atoms with Crippen molar-refractivity contribution >= 4 is 41.6 Å². The molecule has 0 unspecified atom stereocenters. The molecule has 2 fully saturated rings. The summed E-state index contributed by atoms with van der Waals surface area (Å²) in [6, 6.07) is 17.1. The van der Waals surface area contributed by atoms with Crippen molar-refractivity contribution in [1.82, 2.24) is 29.5 Å². The van der Waals surface area contributed by atoms with Crippen LogP contribution in [0.1, 0.15) is 48.6 Å². The minimum absolute atomic E-state index is 0. The molecule has 1 aliphatic heterocycles. The van der Waals surface area contributed by atoms with Crippen LogP contribution >= 0.6 is 24.8 Å². The first-order valence-corrected chi connectivity index (χ1v) is 14.5. The number of methoxy groups -OCH3 is 1. The summed E-state index contributed by atoms with van der Waals surface area (Å²) in [7, 11) is 1.61. The molecular formula is C31H40Cl2N6O4. The van der Waals surface area contributed by atoms with E-state index >= 15 is 0 Å². The summed E-state index contributed by atoms with van der Waals surface area (Å²) in [5.41, 5.74) is 1.74. The first kappa shape index (κ1) is 32.8. The fourth-order valence-electron chi connectivity index (χ4n) is 6.68. The number of piperazine rings is 1. The molecule has 3 N–H and O–H groups in total. The van der Waals surface area contributed by atoms with Crippen LogP contribution in [0.5, 0.6) is 0 Å². The lowest BCUT2D eigenvalue weighted by Crippen LogP contribution is -2.54. The van der Waals surface area contributed by atoms with Gasteiger partial charge in [-0.05, 0) is 31.4 Å². The molecule has 2 aromatic carbocycles. The molecule has 43 heavy (non-hydrogen) atoms. The number of para-hydroxylation sites is 1. The SMILES string of the molecule is COC[C@]1(O)CCCC[C@H]1n1cnc(C(=O)N2CCNC[C@H]2CCn2[nH]c(=O)c3ccccc32)c1-c1ccccc1.Cl.Cl. The van der Waals surface area contributed by atoms with E-state index in [1.54, 1.807) is 13.4 Å². The zero-order valence-corrected chi connectivity index (χ0v) is 25.9. The van der Waals surface area contributed by atoms with Crippen molar-refractivity contribution in [2.45, 2.75) is 56.3 Å². The number of aromatic amines is 1. The van der Waals surface area contributed by atoms with Gasteiger partial charge in [0, 0.05) is 44.9 Å². The van der Waals surface area contributed by atoms with Gasteiger partial charge in [0.05, 0.1) is 35.6 Å². The minimum Gasteiger partial charge on any atom is -0.385 e. The average Bonchev–Trinajstić information content (AvgIpc) is 3.58. The van der Waals surface area contributed by atoms with Crippen LogP contribution < -0.4 is 10.9 Å². The third kappa shape index (κ3) is 6.39. The average molecular weight is 632 g/mol. The van der Waals surface area contributed by atoms with Crippen LogP contribution in [0.25, 0.3) is 22.2 Å². The summed E-state index contributed by atoms with van der Waals surface area (Å²) in [6.45, 7) is 2.72.